The normalized spacial score (nSPS) is 19.5. The number of nitrogens with zero attached hydrogens (tertiary/aromatic N) is 2. The van der Waals surface area contributed by atoms with Crippen LogP contribution in [0.1, 0.15) is 94.1 Å². The highest BCUT2D eigenvalue weighted by Crippen LogP contribution is 2.41. The molecule has 10 heteroatoms. The lowest BCUT2D eigenvalue weighted by atomic mass is 9.96. The van der Waals surface area contributed by atoms with Gasteiger partial charge >= 0.3 is 0 Å². The van der Waals surface area contributed by atoms with Crippen molar-refractivity contribution in [3.63, 3.8) is 0 Å². The zero-order chi connectivity index (χ0) is 35.2. The van der Waals surface area contributed by atoms with E-state index in [1.54, 1.807) is 19.2 Å². The Morgan fingerprint density at radius 3 is 2.53 bits per heavy atom. The number of aldehydes is 1. The Kier molecular flexibility index (Phi) is 15.5. The first-order valence-corrected chi connectivity index (χ1v) is 18.9. The van der Waals surface area contributed by atoms with Gasteiger partial charge in [-0.05, 0) is 79.4 Å². The molecule has 4 rings (SSSR count). The van der Waals surface area contributed by atoms with Crippen molar-refractivity contribution < 1.29 is 24.0 Å². The van der Waals surface area contributed by atoms with Crippen molar-refractivity contribution in [2.45, 2.75) is 83.1 Å². The van der Waals surface area contributed by atoms with Crippen molar-refractivity contribution in [2.24, 2.45) is 11.8 Å². The van der Waals surface area contributed by atoms with Crippen LogP contribution in [0.5, 0.6) is 5.75 Å². The minimum absolute atomic E-state index is 0.0344. The van der Waals surface area contributed by atoms with Crippen LogP contribution in [0.15, 0.2) is 42.5 Å². The number of amides is 1. The van der Waals surface area contributed by atoms with Gasteiger partial charge in [-0.15, -0.1) is 0 Å². The largest absolute Gasteiger partial charge is 0.506 e. The fourth-order valence-electron chi connectivity index (χ4n) is 7.22. The number of hydrogen-bond acceptors (Lipinski definition) is 9. The fraction of sp³-hybridized carbons (Fsp3) is 0.590. The lowest BCUT2D eigenvalue weighted by Crippen LogP contribution is -2.38. The minimum atomic E-state index is -0.877. The molecule has 1 saturated heterocycles. The molecule has 1 saturated carbocycles. The summed E-state index contributed by atoms with van der Waals surface area (Å²) in [4.78, 5) is 28.7. The number of hydrogen-bond donors (Lipinski definition) is 4. The lowest BCUT2D eigenvalue weighted by Gasteiger charge is -2.28. The maximum Gasteiger partial charge on any atom is 0.224 e. The van der Waals surface area contributed by atoms with E-state index in [2.05, 4.69) is 60.6 Å². The van der Waals surface area contributed by atoms with Crippen LogP contribution in [-0.2, 0) is 25.1 Å². The Bertz CT molecular complexity index is 1360. The first-order valence-electron chi connectivity index (χ1n) is 18.2. The summed E-state index contributed by atoms with van der Waals surface area (Å²) in [6.07, 6.45) is 10.0. The van der Waals surface area contributed by atoms with Gasteiger partial charge < -0.3 is 29.9 Å². The summed E-state index contributed by atoms with van der Waals surface area (Å²) in [6, 6.07) is 12.2. The Hall–Kier alpha value is -2.89. The van der Waals surface area contributed by atoms with Crippen LogP contribution in [-0.4, -0.2) is 85.1 Å². The molecule has 0 spiro atoms. The highest BCUT2D eigenvalue weighted by Gasteiger charge is 2.36. The number of aliphatic hydroxyl groups excluding tert-OH is 1. The van der Waals surface area contributed by atoms with Crippen LogP contribution < -0.4 is 10.6 Å². The van der Waals surface area contributed by atoms with E-state index in [4.69, 9.17) is 4.18 Å². The summed E-state index contributed by atoms with van der Waals surface area (Å²) >= 11 is 1.46. The monoisotopic (exact) mass is 694 g/mol. The summed E-state index contributed by atoms with van der Waals surface area (Å²) in [6.45, 7) is 12.3. The number of aliphatic hydroxyl groups is 1. The Labute approximate surface area is 298 Å². The Morgan fingerprint density at radius 1 is 1.14 bits per heavy atom. The van der Waals surface area contributed by atoms with Crippen molar-refractivity contribution in [1.29, 1.82) is 0 Å². The average molecular weight is 695 g/mol. The average Bonchev–Trinajstić information content (AvgIpc) is 3.71. The van der Waals surface area contributed by atoms with Crippen LogP contribution in [0, 0.1) is 11.8 Å². The van der Waals surface area contributed by atoms with Crippen molar-refractivity contribution in [2.75, 3.05) is 58.2 Å². The van der Waals surface area contributed by atoms with Gasteiger partial charge in [-0.25, -0.2) is 0 Å². The van der Waals surface area contributed by atoms with Crippen molar-refractivity contribution in [1.82, 2.24) is 15.1 Å². The number of allylic oxidation sites excluding steroid dienone is 1. The third-order valence-corrected chi connectivity index (χ3v) is 11.5. The second-order valence-corrected chi connectivity index (χ2v) is 15.0. The lowest BCUT2D eigenvalue weighted by molar-refractivity contribution is -0.131. The van der Waals surface area contributed by atoms with Gasteiger partial charge in [-0.2, -0.15) is 0 Å². The van der Waals surface area contributed by atoms with Gasteiger partial charge in [0.05, 0.1) is 29.6 Å². The number of anilines is 1. The molecule has 1 aliphatic carbocycles. The molecule has 0 radical (unpaired) electrons. The number of carbonyl (C=O) groups is 2. The van der Waals surface area contributed by atoms with Crippen LogP contribution in [0.4, 0.5) is 5.69 Å². The molecule has 0 aromatic heterocycles. The van der Waals surface area contributed by atoms with Crippen LogP contribution in [0.3, 0.4) is 0 Å². The standard InChI is InChI=1S/C39H58N4O5S/c1-5-7-21-43(22-20-41-25-36(46)33-17-18-35(45)38(40-4)34(33)12-9-23-44)37(47)19-24-48-49-39(3,6-2)32-15-13-29(14-16-32)26-42-27-30-10-8-11-31(30)28-42/h9,12-18,23,30-31,36,40-41,45-46H,5-8,10-11,19-22,24-28H2,1-4H3/b12-9-. The number of nitrogens with one attached hydrogen (secondary N) is 2. The van der Waals surface area contributed by atoms with Crippen LogP contribution in [0.2, 0.25) is 0 Å². The zero-order valence-electron chi connectivity index (χ0n) is 30.0. The number of aromatic hydroxyl groups is 1. The molecule has 49 heavy (non-hydrogen) atoms. The Balaban J connectivity index is 1.22. The van der Waals surface area contributed by atoms with Gasteiger partial charge in [0.1, 0.15) is 12.0 Å². The van der Waals surface area contributed by atoms with Gasteiger partial charge in [0.2, 0.25) is 5.91 Å². The van der Waals surface area contributed by atoms with E-state index < -0.39 is 6.10 Å². The van der Waals surface area contributed by atoms with E-state index in [0.29, 0.717) is 55.8 Å². The summed E-state index contributed by atoms with van der Waals surface area (Å²) in [7, 11) is 1.67. The number of carbonyl (C=O) groups excluding carboxylic acids is 2. The predicted octanol–water partition coefficient (Wildman–Crippen LogP) is 6.51. The summed E-state index contributed by atoms with van der Waals surface area (Å²) in [5.41, 5.74) is 4.19. The first kappa shape index (κ1) is 38.9. The summed E-state index contributed by atoms with van der Waals surface area (Å²) in [5.74, 6) is 1.92. The van der Waals surface area contributed by atoms with E-state index in [0.717, 1.165) is 37.6 Å². The van der Waals surface area contributed by atoms with Gasteiger partial charge in [-0.1, -0.05) is 57.0 Å². The van der Waals surface area contributed by atoms with E-state index in [1.807, 2.05) is 4.90 Å². The number of fused-ring (bicyclic) bond motifs is 1. The SMILES string of the molecule is CCCCN(CCNCC(O)c1ccc(O)c(NC)c1/C=C\C=O)C(=O)CCOSC(C)(CC)c1ccc(CN2CC3CCCC3C2)cc1. The first-order chi connectivity index (χ1) is 23.7. The molecule has 4 N–H and O–H groups in total. The molecule has 4 atom stereocenters. The van der Waals surface area contributed by atoms with E-state index in [1.165, 1.54) is 67.7 Å². The number of unbranched alkanes of at least 4 members (excludes halogenated alkanes) is 1. The molecule has 2 aromatic rings. The van der Waals surface area contributed by atoms with Gasteiger partial charge in [0, 0.05) is 70.5 Å². The molecule has 2 aromatic carbocycles. The highest BCUT2D eigenvalue weighted by molar-refractivity contribution is 7.95. The van der Waals surface area contributed by atoms with Gasteiger partial charge in [0.15, 0.2) is 0 Å². The third kappa shape index (κ3) is 10.8. The molecule has 1 heterocycles. The maximum absolute atomic E-state index is 13.2. The van der Waals surface area contributed by atoms with E-state index >= 15 is 0 Å². The molecule has 270 valence electrons. The molecular weight excluding hydrogens is 637 g/mol. The second-order valence-electron chi connectivity index (χ2n) is 13.7. The van der Waals surface area contributed by atoms with Crippen molar-refractivity contribution in [3.05, 3.63) is 64.7 Å². The molecule has 9 nitrogen and oxygen atoms in total. The fourth-order valence-corrected chi connectivity index (χ4v) is 7.99. The topological polar surface area (TPSA) is 114 Å². The van der Waals surface area contributed by atoms with Crippen LogP contribution in [0.25, 0.3) is 6.08 Å². The van der Waals surface area contributed by atoms with Crippen molar-refractivity contribution in [3.8, 4) is 5.75 Å². The number of benzene rings is 2. The Morgan fingerprint density at radius 2 is 1.88 bits per heavy atom. The molecule has 1 aliphatic heterocycles. The van der Waals surface area contributed by atoms with Crippen molar-refractivity contribution >= 4 is 36.0 Å². The number of likely N-dealkylation sites (tertiary alicyclic amines) is 1. The molecule has 0 bridgehead atoms. The predicted molar refractivity (Wildman–Crippen MR) is 200 cm³/mol. The summed E-state index contributed by atoms with van der Waals surface area (Å²) < 4.78 is 5.88. The second kappa shape index (κ2) is 19.5. The molecule has 2 aliphatic rings. The van der Waals surface area contributed by atoms with Gasteiger partial charge in [-0.3, -0.25) is 14.5 Å². The van der Waals surface area contributed by atoms with Crippen LogP contribution >= 0.6 is 12.0 Å². The van der Waals surface area contributed by atoms with E-state index in [9.17, 15) is 19.8 Å². The third-order valence-electron chi connectivity index (χ3n) is 10.3. The minimum Gasteiger partial charge on any atom is -0.506 e. The van der Waals surface area contributed by atoms with Gasteiger partial charge in [0.25, 0.3) is 0 Å². The smallest absolute Gasteiger partial charge is 0.224 e. The zero-order valence-corrected chi connectivity index (χ0v) is 30.8. The molecule has 4 unspecified atom stereocenters. The number of phenols is 1. The quantitative estimate of drug-likeness (QED) is 0.0382. The molecule has 1 amide bonds. The number of phenolic OH excluding ortho intramolecular Hbond substituents is 1. The number of rotatable bonds is 21. The summed E-state index contributed by atoms with van der Waals surface area (Å²) in [5, 5.41) is 27.4. The van der Waals surface area contributed by atoms with E-state index in [-0.39, 0.29) is 22.9 Å². The highest BCUT2D eigenvalue weighted by atomic mass is 32.2. The molecular formula is C39H58N4O5S. The molecule has 2 fully saturated rings. The maximum atomic E-state index is 13.2.